The van der Waals surface area contributed by atoms with Gasteiger partial charge in [-0.25, -0.2) is 0 Å². The number of aliphatic hydroxyl groups is 1. The number of nitrogens with one attached hydrogen (secondary N) is 2. The average Bonchev–Trinajstić information content (AvgIpc) is 3.56. The Bertz CT molecular complexity index is 1010. The maximum atomic E-state index is 12.5. The van der Waals surface area contributed by atoms with Gasteiger partial charge in [0.05, 0.1) is 19.1 Å². The predicted octanol–water partition coefficient (Wildman–Crippen LogP) is 2.52. The number of benzene rings is 1. The number of nitrogens with zero attached hydrogens (tertiary/aromatic N) is 1. The van der Waals surface area contributed by atoms with Gasteiger partial charge < -0.3 is 25.2 Å². The minimum absolute atomic E-state index is 0.0118. The first-order valence-electron chi connectivity index (χ1n) is 11.6. The van der Waals surface area contributed by atoms with Gasteiger partial charge in [-0.3, -0.25) is 14.6 Å². The van der Waals surface area contributed by atoms with Crippen molar-refractivity contribution in [2.24, 2.45) is 5.92 Å². The Morgan fingerprint density at radius 1 is 1.15 bits per heavy atom. The van der Waals surface area contributed by atoms with Gasteiger partial charge in [0.15, 0.2) is 0 Å². The summed E-state index contributed by atoms with van der Waals surface area (Å²) in [5.74, 6) is 1.18. The van der Waals surface area contributed by atoms with Crippen molar-refractivity contribution in [1.82, 2.24) is 10.3 Å². The molecule has 4 atom stereocenters. The summed E-state index contributed by atoms with van der Waals surface area (Å²) < 4.78 is 12.1. The normalized spacial score (nSPS) is 25.5. The molecule has 1 aliphatic carbocycles. The molecule has 3 aliphatic rings. The highest BCUT2D eigenvalue weighted by Crippen LogP contribution is 2.47. The van der Waals surface area contributed by atoms with Crippen molar-refractivity contribution >= 4 is 17.5 Å². The second-order valence-corrected chi connectivity index (χ2v) is 9.19. The first kappa shape index (κ1) is 21.9. The molecule has 2 aliphatic heterocycles. The highest BCUT2D eigenvalue weighted by molar-refractivity contribution is 5.91. The van der Waals surface area contributed by atoms with Crippen molar-refractivity contribution in [3.05, 3.63) is 53.9 Å². The zero-order valence-corrected chi connectivity index (χ0v) is 18.4. The fraction of sp³-hybridized carbons (Fsp3) is 0.480. The van der Waals surface area contributed by atoms with E-state index >= 15 is 0 Å². The number of anilines is 1. The molecule has 2 amide bonds. The minimum atomic E-state index is -0.514. The molecular formula is C25H29N3O5. The van der Waals surface area contributed by atoms with Crippen LogP contribution in [0.2, 0.25) is 0 Å². The van der Waals surface area contributed by atoms with Gasteiger partial charge >= 0.3 is 0 Å². The van der Waals surface area contributed by atoms with Crippen LogP contribution < -0.4 is 15.4 Å². The third kappa shape index (κ3) is 5.17. The van der Waals surface area contributed by atoms with Crippen molar-refractivity contribution in [1.29, 1.82) is 0 Å². The molecule has 0 radical (unpaired) electrons. The van der Waals surface area contributed by atoms with Crippen LogP contribution in [0.15, 0.2) is 42.7 Å². The van der Waals surface area contributed by atoms with Crippen molar-refractivity contribution in [3.63, 3.8) is 0 Å². The number of aromatic nitrogens is 1. The van der Waals surface area contributed by atoms with E-state index in [-0.39, 0.29) is 43.0 Å². The van der Waals surface area contributed by atoms with Crippen LogP contribution in [-0.4, -0.2) is 46.8 Å². The number of fused-ring (bicyclic) bond motifs is 3. The number of rotatable bonds is 8. The molecule has 174 valence electrons. The number of carbonyl (C=O) groups excluding carboxylic acids is 2. The summed E-state index contributed by atoms with van der Waals surface area (Å²) in [5, 5.41) is 15.8. The van der Waals surface area contributed by atoms with Gasteiger partial charge in [0.25, 0.3) is 0 Å². The Morgan fingerprint density at radius 3 is 2.79 bits per heavy atom. The summed E-state index contributed by atoms with van der Waals surface area (Å²) in [5.41, 5.74) is 2.67. The second-order valence-electron chi connectivity index (χ2n) is 9.19. The lowest BCUT2D eigenvalue weighted by atomic mass is 9.84. The molecule has 8 heteroatoms. The largest absolute Gasteiger partial charge is 0.487 e. The third-order valence-electron chi connectivity index (χ3n) is 6.58. The number of aliphatic hydroxyl groups excluding tert-OH is 1. The average molecular weight is 452 g/mol. The number of ether oxygens (including phenoxy) is 2. The van der Waals surface area contributed by atoms with Gasteiger partial charge in [-0.15, -0.1) is 0 Å². The molecule has 1 saturated carbocycles. The van der Waals surface area contributed by atoms with E-state index in [1.165, 1.54) is 0 Å². The Labute approximate surface area is 192 Å². The highest BCUT2D eigenvalue weighted by atomic mass is 16.6. The Hall–Kier alpha value is -2.97. The summed E-state index contributed by atoms with van der Waals surface area (Å²) >= 11 is 0. The lowest BCUT2D eigenvalue weighted by molar-refractivity contribution is -0.142. The number of amides is 2. The van der Waals surface area contributed by atoms with Crippen LogP contribution in [0, 0.1) is 5.92 Å². The SMILES string of the molecule is O=C(C[C@@H]1C[C@@H]2c3cc(NC(=O)CC4CC4)ccc3O[C@@H]2[C@@H](CO)O1)NCc1cccnc1. The van der Waals surface area contributed by atoms with Gasteiger partial charge in [-0.05, 0) is 55.0 Å². The maximum absolute atomic E-state index is 12.5. The summed E-state index contributed by atoms with van der Waals surface area (Å²) in [6.45, 7) is 0.221. The van der Waals surface area contributed by atoms with Gasteiger partial charge in [0, 0.05) is 42.5 Å². The van der Waals surface area contributed by atoms with E-state index in [2.05, 4.69) is 15.6 Å². The molecule has 1 aromatic carbocycles. The molecule has 1 aromatic heterocycles. The molecule has 8 nitrogen and oxygen atoms in total. The second kappa shape index (κ2) is 9.49. The molecule has 3 heterocycles. The zero-order chi connectivity index (χ0) is 22.8. The van der Waals surface area contributed by atoms with E-state index in [0.29, 0.717) is 25.3 Å². The zero-order valence-electron chi connectivity index (χ0n) is 18.4. The quantitative estimate of drug-likeness (QED) is 0.569. The van der Waals surface area contributed by atoms with Gasteiger partial charge in [0.1, 0.15) is 18.0 Å². The van der Waals surface area contributed by atoms with Crippen molar-refractivity contribution in [2.75, 3.05) is 11.9 Å². The molecule has 2 fully saturated rings. The first-order valence-corrected chi connectivity index (χ1v) is 11.6. The molecule has 0 bridgehead atoms. The van der Waals surface area contributed by atoms with Crippen LogP contribution >= 0.6 is 0 Å². The van der Waals surface area contributed by atoms with Gasteiger partial charge in [-0.2, -0.15) is 0 Å². The summed E-state index contributed by atoms with van der Waals surface area (Å²) in [6.07, 6.45) is 5.90. The van der Waals surface area contributed by atoms with E-state index in [1.54, 1.807) is 12.4 Å². The highest BCUT2D eigenvalue weighted by Gasteiger charge is 2.46. The van der Waals surface area contributed by atoms with E-state index in [1.807, 2.05) is 30.3 Å². The smallest absolute Gasteiger partial charge is 0.224 e. The van der Waals surface area contributed by atoms with Gasteiger partial charge in [-0.1, -0.05) is 6.07 Å². The molecule has 2 aromatic rings. The van der Waals surface area contributed by atoms with E-state index < -0.39 is 6.10 Å². The summed E-state index contributed by atoms with van der Waals surface area (Å²) in [7, 11) is 0. The molecular weight excluding hydrogens is 422 g/mol. The summed E-state index contributed by atoms with van der Waals surface area (Å²) in [6, 6.07) is 9.41. The van der Waals surface area contributed by atoms with Crippen molar-refractivity contribution < 1.29 is 24.2 Å². The maximum Gasteiger partial charge on any atom is 0.224 e. The lowest BCUT2D eigenvalue weighted by Crippen LogP contribution is -2.47. The van der Waals surface area contributed by atoms with E-state index in [9.17, 15) is 14.7 Å². The molecule has 33 heavy (non-hydrogen) atoms. The molecule has 0 spiro atoms. The number of hydrogen-bond acceptors (Lipinski definition) is 6. The topological polar surface area (TPSA) is 110 Å². The number of carbonyl (C=O) groups is 2. The molecule has 0 unspecified atom stereocenters. The van der Waals surface area contributed by atoms with E-state index in [0.717, 1.165) is 35.4 Å². The van der Waals surface area contributed by atoms with Crippen LogP contribution in [0.3, 0.4) is 0 Å². The Balaban J connectivity index is 1.24. The van der Waals surface area contributed by atoms with Crippen LogP contribution in [0.1, 0.15) is 49.1 Å². The van der Waals surface area contributed by atoms with Crippen LogP contribution in [-0.2, 0) is 20.9 Å². The standard InChI is InChI=1S/C25H29N3O5/c29-14-22-25-20(10-18(32-22)11-23(30)27-13-16-2-1-7-26-12-16)19-9-17(5-6-21(19)33-25)28-24(31)8-15-3-4-15/h1-2,5-7,9,12,15,18,20,22,25,29H,3-4,8,10-11,13-14H2,(H,27,30)(H,28,31)/t18-,20+,22+,25-/m0/s1. The first-order chi connectivity index (χ1) is 16.1. The van der Waals surface area contributed by atoms with Crippen LogP contribution in [0.4, 0.5) is 5.69 Å². The fourth-order valence-corrected chi connectivity index (χ4v) is 4.75. The minimum Gasteiger partial charge on any atom is -0.487 e. The van der Waals surface area contributed by atoms with Crippen molar-refractivity contribution in [3.8, 4) is 5.75 Å². The fourth-order valence-electron chi connectivity index (χ4n) is 4.75. The Morgan fingerprint density at radius 2 is 2.03 bits per heavy atom. The van der Waals surface area contributed by atoms with E-state index in [4.69, 9.17) is 9.47 Å². The Kier molecular flexibility index (Phi) is 6.28. The summed E-state index contributed by atoms with van der Waals surface area (Å²) in [4.78, 5) is 28.8. The van der Waals surface area contributed by atoms with Crippen molar-refractivity contribution in [2.45, 2.75) is 62.9 Å². The lowest BCUT2D eigenvalue weighted by Gasteiger charge is -2.37. The molecule has 3 N–H and O–H groups in total. The van der Waals surface area contributed by atoms with Gasteiger partial charge in [0.2, 0.25) is 11.8 Å². The number of hydrogen-bond donors (Lipinski definition) is 3. The number of pyridine rings is 1. The third-order valence-corrected chi connectivity index (χ3v) is 6.58. The molecule has 5 rings (SSSR count). The van der Waals surface area contributed by atoms with Crippen LogP contribution in [0.25, 0.3) is 0 Å². The molecule has 1 saturated heterocycles. The predicted molar refractivity (Wildman–Crippen MR) is 121 cm³/mol. The van der Waals surface area contributed by atoms with Crippen LogP contribution in [0.5, 0.6) is 5.75 Å². The monoisotopic (exact) mass is 451 g/mol.